The van der Waals surface area contributed by atoms with Crippen molar-refractivity contribution in [3.05, 3.63) is 65.4 Å². The number of carboxylic acid groups (broad SMARTS) is 1. The molecule has 0 aliphatic heterocycles. The van der Waals surface area contributed by atoms with Gasteiger partial charge in [-0.2, -0.15) is 0 Å². The zero-order valence-electron chi connectivity index (χ0n) is 16.0. The van der Waals surface area contributed by atoms with Gasteiger partial charge in [-0.3, -0.25) is 0 Å². The van der Waals surface area contributed by atoms with Crippen LogP contribution in [0, 0.1) is 11.8 Å². The van der Waals surface area contributed by atoms with Crippen molar-refractivity contribution in [1.82, 2.24) is 0 Å². The molecule has 1 aromatic carbocycles. The van der Waals surface area contributed by atoms with E-state index in [9.17, 15) is 20.1 Å². The van der Waals surface area contributed by atoms with Gasteiger partial charge in [0.15, 0.2) is 0 Å². The van der Waals surface area contributed by atoms with E-state index in [0.717, 1.165) is 6.08 Å². The van der Waals surface area contributed by atoms with Crippen molar-refractivity contribution in [2.45, 2.75) is 37.9 Å². The van der Waals surface area contributed by atoms with Crippen LogP contribution in [0.3, 0.4) is 0 Å². The summed E-state index contributed by atoms with van der Waals surface area (Å²) in [6.07, 6.45) is 8.47. The van der Waals surface area contributed by atoms with E-state index < -0.39 is 18.2 Å². The number of hydrogen-bond donors (Lipinski definition) is 4. The second-order valence-corrected chi connectivity index (χ2v) is 7.50. The summed E-state index contributed by atoms with van der Waals surface area (Å²) < 4.78 is 5.48. The first-order valence-electron chi connectivity index (χ1n) is 9.53. The second kappa shape index (κ2) is 11.7. The highest BCUT2D eigenvalue weighted by atomic mass is 35.5. The highest BCUT2D eigenvalue weighted by molar-refractivity contribution is 6.30. The van der Waals surface area contributed by atoms with Crippen LogP contribution in [0.1, 0.15) is 25.7 Å². The number of halogens is 1. The molecule has 3 unspecified atom stereocenters. The standard InChI is InChI=1S/C22H27ClO6/c23-15-6-5-7-17(12-15)29-14-16(24)10-11-19-18(20(25)13-21(19)26)8-3-1-2-4-9-22(27)28/h1,3-7,9-10,12,18-21,24-26H,2,8,11,13-14H2,(H,27,28)/b3-1?,9-4?,16-10-/t18?,19-,20?,21?/m1/s1. The lowest BCUT2D eigenvalue weighted by Gasteiger charge is -2.21. The number of aliphatic hydroxyl groups is 3. The van der Waals surface area contributed by atoms with Crippen molar-refractivity contribution in [2.75, 3.05) is 6.61 Å². The van der Waals surface area contributed by atoms with Crippen molar-refractivity contribution in [3.8, 4) is 5.75 Å². The van der Waals surface area contributed by atoms with E-state index in [2.05, 4.69) is 0 Å². The van der Waals surface area contributed by atoms with Crippen molar-refractivity contribution < 1.29 is 30.0 Å². The molecule has 0 saturated heterocycles. The molecule has 2 rings (SSSR count). The molecule has 0 amide bonds. The largest absolute Gasteiger partial charge is 0.509 e. The summed E-state index contributed by atoms with van der Waals surface area (Å²) in [5, 5.41) is 39.7. The molecule has 1 fully saturated rings. The van der Waals surface area contributed by atoms with Gasteiger partial charge < -0.3 is 25.2 Å². The average Bonchev–Trinajstić information content (AvgIpc) is 2.93. The number of benzene rings is 1. The molecule has 1 saturated carbocycles. The Kier molecular flexibility index (Phi) is 9.25. The molecule has 1 aromatic rings. The van der Waals surface area contributed by atoms with Gasteiger partial charge in [-0.25, -0.2) is 4.79 Å². The molecule has 1 aliphatic carbocycles. The van der Waals surface area contributed by atoms with Crippen molar-refractivity contribution in [3.63, 3.8) is 0 Å². The SMILES string of the molecule is O=C(O)C=CCC=CCC1C(O)CC(O)[C@@H]1C/C=C(\O)COc1cccc(Cl)c1. The normalized spacial score (nSPS) is 25.1. The zero-order chi connectivity index (χ0) is 21.2. The molecule has 1 aliphatic rings. The quantitative estimate of drug-likeness (QED) is 0.259. The van der Waals surface area contributed by atoms with Gasteiger partial charge in [0.2, 0.25) is 0 Å². The molecule has 6 nitrogen and oxygen atoms in total. The molecule has 29 heavy (non-hydrogen) atoms. The molecule has 0 radical (unpaired) electrons. The smallest absolute Gasteiger partial charge is 0.327 e. The molecular formula is C22H27ClO6. The molecule has 7 heteroatoms. The van der Waals surface area contributed by atoms with Gasteiger partial charge in [-0.05, 0) is 61.8 Å². The second-order valence-electron chi connectivity index (χ2n) is 7.06. The fraction of sp³-hybridized carbons (Fsp3) is 0.409. The van der Waals surface area contributed by atoms with Gasteiger partial charge in [0.25, 0.3) is 0 Å². The predicted molar refractivity (Wildman–Crippen MR) is 111 cm³/mol. The van der Waals surface area contributed by atoms with E-state index in [1.165, 1.54) is 6.08 Å². The number of rotatable bonds is 10. The van der Waals surface area contributed by atoms with Crippen LogP contribution >= 0.6 is 11.6 Å². The maximum Gasteiger partial charge on any atom is 0.327 e. The fourth-order valence-electron chi connectivity index (χ4n) is 3.47. The lowest BCUT2D eigenvalue weighted by atomic mass is 9.87. The van der Waals surface area contributed by atoms with E-state index >= 15 is 0 Å². The summed E-state index contributed by atoms with van der Waals surface area (Å²) in [6, 6.07) is 6.88. The van der Waals surface area contributed by atoms with Gasteiger partial charge in [0, 0.05) is 11.1 Å². The molecule has 0 aromatic heterocycles. The Hall–Kier alpha value is -2.28. The van der Waals surface area contributed by atoms with E-state index in [0.29, 0.717) is 36.5 Å². The van der Waals surface area contributed by atoms with Crippen LogP contribution < -0.4 is 4.74 Å². The van der Waals surface area contributed by atoms with Crippen LogP contribution in [0.25, 0.3) is 0 Å². The van der Waals surface area contributed by atoms with Crippen LogP contribution in [0.2, 0.25) is 5.02 Å². The summed E-state index contributed by atoms with van der Waals surface area (Å²) in [5.41, 5.74) is 0. The third kappa shape index (κ3) is 7.93. The first kappa shape index (κ1) is 23.0. The molecule has 4 atom stereocenters. The molecule has 158 valence electrons. The number of hydrogen-bond acceptors (Lipinski definition) is 5. The van der Waals surface area contributed by atoms with E-state index in [1.807, 2.05) is 12.2 Å². The fourth-order valence-corrected chi connectivity index (χ4v) is 3.65. The van der Waals surface area contributed by atoms with Gasteiger partial charge >= 0.3 is 5.97 Å². The minimum Gasteiger partial charge on any atom is -0.509 e. The zero-order valence-corrected chi connectivity index (χ0v) is 16.8. The highest BCUT2D eigenvalue weighted by Gasteiger charge is 2.40. The average molecular weight is 423 g/mol. The van der Waals surface area contributed by atoms with E-state index in [4.69, 9.17) is 21.4 Å². The van der Waals surface area contributed by atoms with Gasteiger partial charge in [-0.15, -0.1) is 0 Å². The summed E-state index contributed by atoms with van der Waals surface area (Å²) in [5.74, 6) is -0.709. The van der Waals surface area contributed by atoms with Crippen LogP contribution in [0.5, 0.6) is 5.75 Å². The lowest BCUT2D eigenvalue weighted by molar-refractivity contribution is -0.131. The summed E-state index contributed by atoms with van der Waals surface area (Å²) in [4.78, 5) is 10.4. The topological polar surface area (TPSA) is 107 Å². The van der Waals surface area contributed by atoms with E-state index in [-0.39, 0.29) is 24.2 Å². The van der Waals surface area contributed by atoms with Crippen LogP contribution in [-0.4, -0.2) is 45.2 Å². The Morgan fingerprint density at radius 1 is 1.10 bits per heavy atom. The number of ether oxygens (including phenoxy) is 1. The molecule has 0 heterocycles. The van der Waals surface area contributed by atoms with Crippen molar-refractivity contribution in [2.24, 2.45) is 11.8 Å². The lowest BCUT2D eigenvalue weighted by Crippen LogP contribution is -2.21. The minimum atomic E-state index is -0.987. The number of allylic oxidation sites excluding steroid dienone is 4. The minimum absolute atomic E-state index is 0.00775. The highest BCUT2D eigenvalue weighted by Crippen LogP contribution is 2.37. The summed E-state index contributed by atoms with van der Waals surface area (Å²) >= 11 is 5.89. The van der Waals surface area contributed by atoms with Crippen molar-refractivity contribution in [1.29, 1.82) is 0 Å². The number of aliphatic carboxylic acids is 1. The third-order valence-corrected chi connectivity index (χ3v) is 5.17. The summed E-state index contributed by atoms with van der Waals surface area (Å²) in [7, 11) is 0. The first-order valence-corrected chi connectivity index (χ1v) is 9.91. The maximum absolute atomic E-state index is 10.4. The Balaban J connectivity index is 1.86. The Bertz CT molecular complexity index is 757. The van der Waals surface area contributed by atoms with E-state index in [1.54, 1.807) is 30.3 Å². The molecule has 4 N–H and O–H groups in total. The number of aliphatic hydroxyl groups excluding tert-OH is 3. The Labute approximate surface area is 175 Å². The maximum atomic E-state index is 10.4. The Morgan fingerprint density at radius 3 is 2.52 bits per heavy atom. The first-order chi connectivity index (χ1) is 13.9. The monoisotopic (exact) mass is 422 g/mol. The summed E-state index contributed by atoms with van der Waals surface area (Å²) in [6.45, 7) is -0.00775. The van der Waals surface area contributed by atoms with Crippen LogP contribution in [0.4, 0.5) is 0 Å². The van der Waals surface area contributed by atoms with Crippen LogP contribution in [0.15, 0.2) is 60.4 Å². The molecule has 0 bridgehead atoms. The Morgan fingerprint density at radius 2 is 1.83 bits per heavy atom. The molecular weight excluding hydrogens is 396 g/mol. The van der Waals surface area contributed by atoms with Crippen LogP contribution in [-0.2, 0) is 4.79 Å². The van der Waals surface area contributed by atoms with Crippen molar-refractivity contribution >= 4 is 17.6 Å². The molecule has 0 spiro atoms. The van der Waals surface area contributed by atoms with Gasteiger partial charge in [0.1, 0.15) is 18.1 Å². The number of carboxylic acids is 1. The van der Waals surface area contributed by atoms with Gasteiger partial charge in [-0.1, -0.05) is 35.9 Å². The number of carbonyl (C=O) groups is 1. The predicted octanol–water partition coefficient (Wildman–Crippen LogP) is 3.89. The van der Waals surface area contributed by atoms with Gasteiger partial charge in [0.05, 0.1) is 12.2 Å². The third-order valence-electron chi connectivity index (χ3n) is 4.94.